The molecule has 8 rings (SSSR count). The summed E-state index contributed by atoms with van der Waals surface area (Å²) in [7, 11) is 3.44. The lowest BCUT2D eigenvalue weighted by atomic mass is 9.92. The maximum atomic E-state index is 13.3. The number of aromatic nitrogens is 6. The van der Waals surface area contributed by atoms with Gasteiger partial charge in [0.15, 0.2) is 18.2 Å². The Bertz CT molecular complexity index is 2550. The second-order valence-electron chi connectivity index (χ2n) is 16.8. The van der Waals surface area contributed by atoms with Crippen LogP contribution in [0.4, 0.5) is 23.1 Å². The summed E-state index contributed by atoms with van der Waals surface area (Å²) in [6.07, 6.45) is 6.17. The minimum atomic E-state index is -0.432. The van der Waals surface area contributed by atoms with Gasteiger partial charge in [-0.3, -0.25) is 38.6 Å². The largest absolute Gasteiger partial charge is 0.478 e. The Morgan fingerprint density at radius 3 is 2.56 bits per heavy atom. The van der Waals surface area contributed by atoms with Gasteiger partial charge in [0.1, 0.15) is 10.7 Å². The van der Waals surface area contributed by atoms with Crippen molar-refractivity contribution in [3.05, 3.63) is 63.8 Å². The number of halogens is 1. The van der Waals surface area contributed by atoms with Crippen LogP contribution < -0.4 is 36.0 Å². The number of piperidine rings is 2. The summed E-state index contributed by atoms with van der Waals surface area (Å²) in [5, 5.41) is 15.1. The lowest BCUT2D eigenvalue weighted by Gasteiger charge is -2.46. The van der Waals surface area contributed by atoms with E-state index in [0.29, 0.717) is 52.3 Å². The minimum Gasteiger partial charge on any atom is -0.478 e. The van der Waals surface area contributed by atoms with E-state index in [4.69, 9.17) is 26.4 Å². The van der Waals surface area contributed by atoms with Gasteiger partial charge in [0.2, 0.25) is 17.8 Å². The van der Waals surface area contributed by atoms with E-state index < -0.39 is 5.92 Å². The molecule has 0 spiro atoms. The van der Waals surface area contributed by atoms with Crippen LogP contribution in [0.15, 0.2) is 47.5 Å². The van der Waals surface area contributed by atoms with Crippen molar-refractivity contribution in [3.63, 3.8) is 0 Å². The predicted molar refractivity (Wildman–Crippen MR) is 235 cm³/mol. The number of fused-ring (bicyclic) bond motifs is 2. The minimum absolute atomic E-state index is 0.0564. The first-order chi connectivity index (χ1) is 29.3. The number of ether oxygens (including phenoxy) is 1. The summed E-state index contributed by atoms with van der Waals surface area (Å²) in [5.41, 5.74) is 3.62. The van der Waals surface area contributed by atoms with Crippen LogP contribution in [-0.2, 0) is 21.4 Å². The number of piperazine rings is 1. The number of hydrogen-bond acceptors (Lipinski definition) is 13. The van der Waals surface area contributed by atoms with Crippen molar-refractivity contribution in [3.8, 4) is 5.75 Å². The van der Waals surface area contributed by atoms with E-state index >= 15 is 0 Å². The van der Waals surface area contributed by atoms with Crippen molar-refractivity contribution >= 4 is 74.4 Å². The fourth-order valence-corrected chi connectivity index (χ4v) is 9.16. The summed E-state index contributed by atoms with van der Waals surface area (Å²) < 4.78 is 9.05. The fraction of sp³-hybridized carbons (Fsp3) is 0.488. The van der Waals surface area contributed by atoms with E-state index in [9.17, 15) is 19.2 Å². The van der Waals surface area contributed by atoms with Crippen LogP contribution >= 0.6 is 11.6 Å². The van der Waals surface area contributed by atoms with Crippen molar-refractivity contribution in [1.82, 2.24) is 44.8 Å². The SMILES string of the molecule is CNC(=O)COc1cc2cc(Nc3nc(N4C[C@H](C)N(CC5CCN(c6cccc7c(C8CCC(=O)NC8=O)nn(C)c67)CC5)C[C@H]4C)ncc3Cl)cnc2n(C(C)C)c1=O. The molecule has 0 bridgehead atoms. The Balaban J connectivity index is 0.913. The molecular formula is C43H53ClN12O5. The molecule has 1 unspecified atom stereocenters. The molecule has 3 aliphatic rings. The number of carbonyl (C=O) groups excluding carboxylic acids is 3. The Morgan fingerprint density at radius 2 is 1.82 bits per heavy atom. The predicted octanol–water partition coefficient (Wildman–Crippen LogP) is 4.51. The Kier molecular flexibility index (Phi) is 11.9. The number of pyridine rings is 2. The average Bonchev–Trinajstić information content (AvgIpc) is 3.57. The number of nitrogens with zero attached hydrogens (tertiary/aromatic N) is 9. The van der Waals surface area contributed by atoms with E-state index in [1.807, 2.05) is 43.8 Å². The highest BCUT2D eigenvalue weighted by molar-refractivity contribution is 6.33. The van der Waals surface area contributed by atoms with Crippen LogP contribution in [0.5, 0.6) is 5.75 Å². The number of nitrogens with one attached hydrogen (secondary N) is 3. The molecule has 3 saturated heterocycles. The number of carbonyl (C=O) groups is 3. The van der Waals surface area contributed by atoms with E-state index in [2.05, 4.69) is 60.5 Å². The number of para-hydroxylation sites is 1. The van der Waals surface area contributed by atoms with Gasteiger partial charge in [-0.25, -0.2) is 9.97 Å². The zero-order chi connectivity index (χ0) is 43.1. The van der Waals surface area contributed by atoms with Gasteiger partial charge in [-0.2, -0.15) is 10.1 Å². The highest BCUT2D eigenvalue weighted by Crippen LogP contribution is 2.37. The smallest absolute Gasteiger partial charge is 0.294 e. The normalized spacial score (nSPS) is 20.4. The zero-order valence-corrected chi connectivity index (χ0v) is 36.2. The highest BCUT2D eigenvalue weighted by Gasteiger charge is 2.35. The van der Waals surface area contributed by atoms with Gasteiger partial charge in [-0.1, -0.05) is 23.7 Å². The molecule has 18 heteroatoms. The zero-order valence-electron chi connectivity index (χ0n) is 35.4. The van der Waals surface area contributed by atoms with Gasteiger partial charge in [-0.15, -0.1) is 0 Å². The van der Waals surface area contributed by atoms with Crippen molar-refractivity contribution in [2.75, 3.05) is 61.5 Å². The molecule has 3 amide bonds. The number of aryl methyl sites for hydroxylation is 1. The molecule has 5 aromatic rings. The number of likely N-dealkylation sites (N-methyl/N-ethyl adjacent to an activating group) is 1. The molecule has 0 aliphatic carbocycles. The van der Waals surface area contributed by atoms with Gasteiger partial charge in [-0.05, 0) is 71.1 Å². The first kappa shape index (κ1) is 41.9. The summed E-state index contributed by atoms with van der Waals surface area (Å²) >= 11 is 6.66. The third kappa shape index (κ3) is 8.45. The molecule has 1 aromatic carbocycles. The lowest BCUT2D eigenvalue weighted by Crippen LogP contribution is -2.58. The van der Waals surface area contributed by atoms with Gasteiger partial charge in [0.05, 0.1) is 40.9 Å². The monoisotopic (exact) mass is 852 g/mol. The molecule has 3 N–H and O–H groups in total. The Labute approximate surface area is 358 Å². The molecule has 17 nitrogen and oxygen atoms in total. The number of imide groups is 1. The fourth-order valence-electron chi connectivity index (χ4n) is 9.02. The summed E-state index contributed by atoms with van der Waals surface area (Å²) in [6, 6.07) is 9.88. The Morgan fingerprint density at radius 1 is 1.03 bits per heavy atom. The average molecular weight is 853 g/mol. The van der Waals surface area contributed by atoms with Crippen molar-refractivity contribution in [1.29, 1.82) is 0 Å². The first-order valence-electron chi connectivity index (χ1n) is 21.0. The van der Waals surface area contributed by atoms with Crippen molar-refractivity contribution in [2.24, 2.45) is 13.0 Å². The number of anilines is 4. The molecule has 0 saturated carbocycles. The van der Waals surface area contributed by atoms with E-state index in [0.717, 1.165) is 67.8 Å². The van der Waals surface area contributed by atoms with Crippen molar-refractivity contribution in [2.45, 2.75) is 77.4 Å². The summed E-state index contributed by atoms with van der Waals surface area (Å²) in [4.78, 5) is 71.1. The summed E-state index contributed by atoms with van der Waals surface area (Å²) in [5.74, 6) is 0.350. The maximum Gasteiger partial charge on any atom is 0.294 e. The Hall–Kier alpha value is -5.81. The molecule has 0 radical (unpaired) electrons. The van der Waals surface area contributed by atoms with Gasteiger partial charge in [0.25, 0.3) is 11.5 Å². The maximum absolute atomic E-state index is 13.3. The molecule has 3 aliphatic heterocycles. The number of benzene rings is 1. The molecular weight excluding hydrogens is 800 g/mol. The topological polar surface area (TPSA) is 185 Å². The van der Waals surface area contributed by atoms with Crippen molar-refractivity contribution < 1.29 is 19.1 Å². The molecule has 7 heterocycles. The first-order valence-corrected chi connectivity index (χ1v) is 21.4. The van der Waals surface area contributed by atoms with Crippen LogP contribution in [0.2, 0.25) is 5.02 Å². The van der Waals surface area contributed by atoms with Crippen LogP contribution in [0.1, 0.15) is 71.0 Å². The number of rotatable bonds is 11. The van der Waals surface area contributed by atoms with Gasteiger partial charge in [0, 0.05) is 82.1 Å². The molecule has 3 fully saturated rings. The van der Waals surface area contributed by atoms with E-state index in [1.165, 1.54) is 7.05 Å². The second-order valence-corrected chi connectivity index (χ2v) is 17.2. The van der Waals surface area contributed by atoms with E-state index in [-0.39, 0.29) is 53.8 Å². The third-order valence-electron chi connectivity index (χ3n) is 12.2. The standard InChI is InChI=1S/C43H53ClN12O5/c1-24(2)56-40-28(17-34(42(56)60)61-23-36(58)45-5)16-29(18-46-40)48-39-32(44)19-47-43(50-39)55-21-25(3)54(20-26(55)4)22-27-12-14-53(15-13-27)33-9-7-8-30-37(51-52(6)38(30)33)31-10-11-35(57)49-41(31)59/h7-9,16-19,24-27,31H,10-15,20-23H2,1-6H3,(H,45,58)(H,47,48,50)(H,49,57,59)/t25-,26+,31?/m0/s1. The van der Waals surface area contributed by atoms with Crippen LogP contribution in [-0.4, -0.2) is 110 Å². The molecule has 4 aromatic heterocycles. The van der Waals surface area contributed by atoms with E-state index in [1.54, 1.807) is 23.0 Å². The van der Waals surface area contributed by atoms with Gasteiger partial charge >= 0.3 is 0 Å². The molecule has 61 heavy (non-hydrogen) atoms. The molecule has 322 valence electrons. The van der Waals surface area contributed by atoms with Crippen LogP contribution in [0.3, 0.4) is 0 Å². The highest BCUT2D eigenvalue weighted by atomic mass is 35.5. The quantitative estimate of drug-likeness (QED) is 0.158. The summed E-state index contributed by atoms with van der Waals surface area (Å²) in [6.45, 7) is 12.4. The van der Waals surface area contributed by atoms with Crippen LogP contribution in [0, 0.1) is 5.92 Å². The molecule has 3 atom stereocenters. The third-order valence-corrected chi connectivity index (χ3v) is 12.5. The lowest BCUT2D eigenvalue weighted by molar-refractivity contribution is -0.134. The number of hydrogen-bond donors (Lipinski definition) is 3. The second kappa shape index (κ2) is 17.3. The number of amides is 3. The van der Waals surface area contributed by atoms with Crippen LogP contribution in [0.25, 0.3) is 21.9 Å². The van der Waals surface area contributed by atoms with Gasteiger partial charge < -0.3 is 25.2 Å².